The largest absolute Gasteiger partial charge is 0.474 e. The maximum atomic E-state index is 11.2. The van der Waals surface area contributed by atoms with Crippen LogP contribution in [0, 0.1) is 10.1 Å². The number of anilines is 1. The van der Waals surface area contributed by atoms with E-state index in [1.54, 1.807) is 0 Å². The highest BCUT2D eigenvalue weighted by Crippen LogP contribution is 2.32. The minimum atomic E-state index is -1.65. The molecular weight excluding hydrogens is 252 g/mol. The molecule has 1 amide bonds. The second-order valence-corrected chi connectivity index (χ2v) is 5.00. The second-order valence-electron chi connectivity index (χ2n) is 5.00. The molecule has 0 unspecified atom stereocenters. The summed E-state index contributed by atoms with van der Waals surface area (Å²) in [5.74, 6) is -2.88. The molecule has 0 spiro atoms. The fourth-order valence-electron chi connectivity index (χ4n) is 1.58. The monoisotopic (exact) mass is 266 g/mol. The number of hydrogen-bond donors (Lipinski definition) is 2. The molecular formula is C12H14N2O5. The van der Waals surface area contributed by atoms with Crippen molar-refractivity contribution >= 4 is 23.3 Å². The van der Waals surface area contributed by atoms with Crippen molar-refractivity contribution in [1.29, 1.82) is 0 Å². The van der Waals surface area contributed by atoms with Gasteiger partial charge in [-0.15, -0.1) is 0 Å². The predicted octanol–water partition coefficient (Wildman–Crippen LogP) is 1.92. The van der Waals surface area contributed by atoms with Gasteiger partial charge in [-0.25, -0.2) is 4.79 Å². The van der Waals surface area contributed by atoms with Gasteiger partial charge in [0.2, 0.25) is 0 Å². The molecule has 1 aromatic carbocycles. The summed E-state index contributed by atoms with van der Waals surface area (Å²) in [5, 5.41) is 21.4. The number of amides is 1. The number of non-ortho nitro benzene ring substituents is 1. The summed E-state index contributed by atoms with van der Waals surface area (Å²) in [6.07, 6.45) is 0. The summed E-state index contributed by atoms with van der Waals surface area (Å²) in [5.41, 5.74) is 0.145. The van der Waals surface area contributed by atoms with E-state index in [9.17, 15) is 19.7 Å². The molecule has 0 saturated heterocycles. The van der Waals surface area contributed by atoms with Crippen molar-refractivity contribution < 1.29 is 19.6 Å². The van der Waals surface area contributed by atoms with Crippen molar-refractivity contribution in [2.24, 2.45) is 0 Å². The fraction of sp³-hybridized carbons (Fsp3) is 0.333. The third-order valence-corrected chi connectivity index (χ3v) is 2.46. The average molecular weight is 266 g/mol. The van der Waals surface area contributed by atoms with Gasteiger partial charge in [-0.3, -0.25) is 14.9 Å². The van der Waals surface area contributed by atoms with Crippen molar-refractivity contribution in [3.8, 4) is 0 Å². The number of nitrogens with one attached hydrogen (secondary N) is 1. The van der Waals surface area contributed by atoms with Gasteiger partial charge in [-0.05, 0) is 17.0 Å². The fourth-order valence-corrected chi connectivity index (χ4v) is 1.58. The topological polar surface area (TPSA) is 110 Å². The SMILES string of the molecule is CC(C)(C)c1ccc([N+](=O)[O-])cc1NC(=O)C(=O)O. The van der Waals surface area contributed by atoms with Gasteiger partial charge in [0.1, 0.15) is 0 Å². The number of carboxylic acid groups (broad SMARTS) is 1. The molecule has 19 heavy (non-hydrogen) atoms. The molecule has 0 bridgehead atoms. The van der Waals surface area contributed by atoms with Gasteiger partial charge in [-0.1, -0.05) is 20.8 Å². The Hall–Kier alpha value is -2.44. The number of rotatable bonds is 2. The van der Waals surface area contributed by atoms with E-state index >= 15 is 0 Å². The summed E-state index contributed by atoms with van der Waals surface area (Å²) in [6, 6.07) is 3.98. The summed E-state index contributed by atoms with van der Waals surface area (Å²) in [7, 11) is 0. The molecule has 0 radical (unpaired) electrons. The third-order valence-electron chi connectivity index (χ3n) is 2.46. The first-order valence-corrected chi connectivity index (χ1v) is 5.46. The molecule has 0 heterocycles. The summed E-state index contributed by atoms with van der Waals surface area (Å²) >= 11 is 0. The maximum absolute atomic E-state index is 11.2. The predicted molar refractivity (Wildman–Crippen MR) is 68.1 cm³/mol. The van der Waals surface area contributed by atoms with E-state index < -0.39 is 22.2 Å². The molecule has 0 saturated carbocycles. The molecule has 1 rings (SSSR count). The highest BCUT2D eigenvalue weighted by molar-refractivity contribution is 6.36. The van der Waals surface area contributed by atoms with Crippen LogP contribution in [0.2, 0.25) is 0 Å². The highest BCUT2D eigenvalue weighted by atomic mass is 16.6. The Kier molecular flexibility index (Phi) is 3.89. The van der Waals surface area contributed by atoms with Gasteiger partial charge in [0.25, 0.3) is 5.69 Å². The Balaban J connectivity index is 3.30. The third kappa shape index (κ3) is 3.51. The van der Waals surface area contributed by atoms with Crippen molar-refractivity contribution in [3.63, 3.8) is 0 Å². The zero-order valence-electron chi connectivity index (χ0n) is 10.8. The number of nitro benzene ring substituents is 1. The normalized spacial score (nSPS) is 10.9. The van der Waals surface area contributed by atoms with Crippen molar-refractivity contribution in [3.05, 3.63) is 33.9 Å². The molecule has 0 aliphatic carbocycles. The summed E-state index contributed by atoms with van der Waals surface area (Å²) in [6.45, 7) is 5.56. The van der Waals surface area contributed by atoms with Crippen LogP contribution in [0.5, 0.6) is 0 Å². The quantitative estimate of drug-likeness (QED) is 0.482. The molecule has 0 fully saturated rings. The van der Waals surface area contributed by atoms with Crippen LogP contribution < -0.4 is 5.32 Å². The Morgan fingerprint density at radius 2 is 1.89 bits per heavy atom. The Morgan fingerprint density at radius 1 is 1.32 bits per heavy atom. The second kappa shape index (κ2) is 5.05. The number of carbonyl (C=O) groups is 2. The minimum absolute atomic E-state index is 0.133. The lowest BCUT2D eigenvalue weighted by Gasteiger charge is -2.22. The number of carbonyl (C=O) groups excluding carboxylic acids is 1. The standard InChI is InChI=1S/C12H14N2O5/c1-12(2,3)8-5-4-7(14(18)19)6-9(8)13-10(15)11(16)17/h4-6H,1-3H3,(H,13,15)(H,16,17). The van der Waals surface area contributed by atoms with Crippen molar-refractivity contribution in [2.45, 2.75) is 26.2 Å². The van der Waals surface area contributed by atoms with Crippen LogP contribution in [-0.2, 0) is 15.0 Å². The molecule has 0 aliphatic rings. The van der Waals surface area contributed by atoms with Gasteiger partial charge < -0.3 is 10.4 Å². The van der Waals surface area contributed by atoms with Crippen LogP contribution in [-0.4, -0.2) is 21.9 Å². The number of nitrogens with zero attached hydrogens (tertiary/aromatic N) is 1. The van der Waals surface area contributed by atoms with E-state index in [0.717, 1.165) is 6.07 Å². The van der Waals surface area contributed by atoms with Crippen molar-refractivity contribution in [2.75, 3.05) is 5.32 Å². The lowest BCUT2D eigenvalue weighted by atomic mass is 9.85. The van der Waals surface area contributed by atoms with E-state index in [1.165, 1.54) is 12.1 Å². The molecule has 102 valence electrons. The Morgan fingerprint density at radius 3 is 2.32 bits per heavy atom. The van der Waals surface area contributed by atoms with E-state index in [1.807, 2.05) is 20.8 Å². The first-order chi connectivity index (χ1) is 8.62. The average Bonchev–Trinajstić information content (AvgIpc) is 2.27. The summed E-state index contributed by atoms with van der Waals surface area (Å²) in [4.78, 5) is 31.8. The van der Waals surface area contributed by atoms with Gasteiger partial charge in [0, 0.05) is 12.1 Å². The smallest absolute Gasteiger partial charge is 0.394 e. The van der Waals surface area contributed by atoms with Crippen molar-refractivity contribution in [1.82, 2.24) is 0 Å². The molecule has 0 aromatic heterocycles. The van der Waals surface area contributed by atoms with Crippen LogP contribution in [0.4, 0.5) is 11.4 Å². The number of nitro groups is 1. The van der Waals surface area contributed by atoms with Gasteiger partial charge in [0.15, 0.2) is 0 Å². The number of hydrogen-bond acceptors (Lipinski definition) is 4. The first-order valence-electron chi connectivity index (χ1n) is 5.46. The Bertz CT molecular complexity index is 546. The van der Waals surface area contributed by atoms with E-state index in [2.05, 4.69) is 5.32 Å². The van der Waals surface area contributed by atoms with Crippen LogP contribution in [0.1, 0.15) is 26.3 Å². The lowest BCUT2D eigenvalue weighted by molar-refractivity contribution is -0.384. The van der Waals surface area contributed by atoms with Crippen LogP contribution in [0.3, 0.4) is 0 Å². The van der Waals surface area contributed by atoms with Gasteiger partial charge in [0.05, 0.1) is 10.6 Å². The molecule has 0 aliphatic heterocycles. The number of benzene rings is 1. The van der Waals surface area contributed by atoms with E-state index in [4.69, 9.17) is 5.11 Å². The van der Waals surface area contributed by atoms with Gasteiger partial charge in [-0.2, -0.15) is 0 Å². The molecule has 2 N–H and O–H groups in total. The first kappa shape index (κ1) is 14.6. The Labute approximate surface area is 109 Å². The van der Waals surface area contributed by atoms with Crippen LogP contribution in [0.15, 0.2) is 18.2 Å². The van der Waals surface area contributed by atoms with E-state index in [0.29, 0.717) is 5.56 Å². The molecule has 0 atom stereocenters. The molecule has 7 nitrogen and oxygen atoms in total. The minimum Gasteiger partial charge on any atom is -0.474 e. The van der Waals surface area contributed by atoms with E-state index in [-0.39, 0.29) is 11.4 Å². The van der Waals surface area contributed by atoms with Crippen LogP contribution in [0.25, 0.3) is 0 Å². The molecule has 1 aromatic rings. The van der Waals surface area contributed by atoms with Crippen LogP contribution >= 0.6 is 0 Å². The number of aliphatic carboxylic acids is 1. The zero-order valence-corrected chi connectivity index (χ0v) is 10.8. The van der Waals surface area contributed by atoms with Gasteiger partial charge >= 0.3 is 11.9 Å². The summed E-state index contributed by atoms with van der Waals surface area (Å²) < 4.78 is 0. The number of carboxylic acids is 1. The molecule has 7 heteroatoms. The maximum Gasteiger partial charge on any atom is 0.394 e. The zero-order chi connectivity index (χ0) is 14.8. The highest BCUT2D eigenvalue weighted by Gasteiger charge is 2.23. The lowest BCUT2D eigenvalue weighted by Crippen LogP contribution is -2.24.